The zero-order valence-electron chi connectivity index (χ0n) is 15.8. The summed E-state index contributed by atoms with van der Waals surface area (Å²) in [6, 6.07) is 2.32. The van der Waals surface area contributed by atoms with Gasteiger partial charge in [0.2, 0.25) is 17.8 Å². The van der Waals surface area contributed by atoms with Gasteiger partial charge >= 0.3 is 0 Å². The second kappa shape index (κ2) is 10.1. The Balaban J connectivity index is 2.49. The van der Waals surface area contributed by atoms with Gasteiger partial charge in [-0.15, -0.1) is 0 Å². The number of hydrogen-bond acceptors (Lipinski definition) is 13. The molecular formula is C14H21N7O8S2. The Morgan fingerprint density at radius 2 is 1.58 bits per heavy atom. The summed E-state index contributed by atoms with van der Waals surface area (Å²) in [4.78, 5) is 10.6. The van der Waals surface area contributed by atoms with E-state index in [-0.39, 0.29) is 37.5 Å². The van der Waals surface area contributed by atoms with Gasteiger partial charge in [-0.1, -0.05) is 0 Å². The van der Waals surface area contributed by atoms with Crippen LogP contribution in [0.4, 0.5) is 23.5 Å². The van der Waals surface area contributed by atoms with Crippen LogP contribution in [0.25, 0.3) is 0 Å². The molecule has 0 aliphatic heterocycles. The first-order chi connectivity index (χ1) is 14.4. The number of aliphatic hydroxyl groups excluding tert-OH is 2. The number of aliphatic hydroxyl groups is 2. The molecule has 15 nitrogen and oxygen atoms in total. The summed E-state index contributed by atoms with van der Waals surface area (Å²) < 4.78 is 64.7. The number of nitrogens with zero attached hydrogens (tertiary/aromatic N) is 3. The second-order valence-electron chi connectivity index (χ2n) is 5.97. The summed E-state index contributed by atoms with van der Waals surface area (Å²) in [6.45, 7) is -0.174. The third-order valence-electron chi connectivity index (χ3n) is 3.54. The molecule has 0 bridgehead atoms. The molecule has 1 heterocycles. The summed E-state index contributed by atoms with van der Waals surface area (Å²) in [6.07, 6.45) is -1.12. The van der Waals surface area contributed by atoms with Crippen LogP contribution in [-0.4, -0.2) is 83.5 Å². The van der Waals surface area contributed by atoms with E-state index >= 15 is 0 Å². The molecular weight excluding hydrogens is 458 g/mol. The van der Waals surface area contributed by atoms with Crippen LogP contribution >= 0.6 is 0 Å². The van der Waals surface area contributed by atoms with E-state index < -0.39 is 48.4 Å². The number of anilines is 4. The molecule has 1 unspecified atom stereocenters. The van der Waals surface area contributed by atoms with Crippen molar-refractivity contribution < 1.29 is 36.2 Å². The number of hydrogen-bond donors (Lipinski definition) is 8. The average molecular weight is 479 g/mol. The predicted molar refractivity (Wildman–Crippen MR) is 108 cm³/mol. The Morgan fingerprint density at radius 1 is 0.968 bits per heavy atom. The van der Waals surface area contributed by atoms with E-state index in [1.54, 1.807) is 0 Å². The quantitative estimate of drug-likeness (QED) is 0.166. The highest BCUT2D eigenvalue weighted by Crippen LogP contribution is 2.27. The van der Waals surface area contributed by atoms with Gasteiger partial charge in [-0.3, -0.25) is 9.11 Å². The number of rotatable bonds is 11. The first kappa shape index (κ1) is 24.6. The molecule has 0 aliphatic rings. The van der Waals surface area contributed by atoms with Crippen LogP contribution in [0.1, 0.15) is 0 Å². The van der Waals surface area contributed by atoms with E-state index in [9.17, 15) is 31.0 Å². The monoisotopic (exact) mass is 479 g/mol. The van der Waals surface area contributed by atoms with Gasteiger partial charge < -0.3 is 31.9 Å². The van der Waals surface area contributed by atoms with Gasteiger partial charge in [0, 0.05) is 19.6 Å². The number of nitrogens with two attached hydrogens (primary N) is 1. The minimum atomic E-state index is -4.79. The van der Waals surface area contributed by atoms with Crippen LogP contribution in [-0.2, 0) is 20.2 Å². The zero-order valence-corrected chi connectivity index (χ0v) is 17.4. The zero-order chi connectivity index (χ0) is 23.2. The first-order valence-electron chi connectivity index (χ1n) is 8.53. The summed E-state index contributed by atoms with van der Waals surface area (Å²) in [5.74, 6) is -0.389. The van der Waals surface area contributed by atoms with Crippen LogP contribution in [0, 0.1) is 0 Å². The van der Waals surface area contributed by atoms with Crippen LogP contribution in [0.3, 0.4) is 0 Å². The Bertz CT molecular complexity index is 1130. The molecule has 172 valence electrons. The molecule has 0 amide bonds. The normalized spacial score (nSPS) is 12.9. The molecule has 0 saturated carbocycles. The molecule has 0 aliphatic carbocycles. The van der Waals surface area contributed by atoms with Crippen LogP contribution in [0.15, 0.2) is 28.0 Å². The average Bonchev–Trinajstić information content (AvgIpc) is 2.68. The molecule has 17 heteroatoms. The summed E-state index contributed by atoms with van der Waals surface area (Å²) >= 11 is 0. The lowest BCUT2D eigenvalue weighted by Crippen LogP contribution is -2.24. The van der Waals surface area contributed by atoms with Crippen molar-refractivity contribution in [2.24, 2.45) is 5.73 Å². The molecule has 31 heavy (non-hydrogen) atoms. The van der Waals surface area contributed by atoms with Crippen molar-refractivity contribution >= 4 is 43.8 Å². The molecule has 1 aromatic carbocycles. The van der Waals surface area contributed by atoms with Gasteiger partial charge in [0.25, 0.3) is 20.2 Å². The van der Waals surface area contributed by atoms with Gasteiger partial charge in [-0.25, -0.2) is 0 Å². The fourth-order valence-electron chi connectivity index (χ4n) is 2.16. The molecule has 2 aromatic rings. The van der Waals surface area contributed by atoms with Crippen molar-refractivity contribution in [1.82, 2.24) is 15.0 Å². The molecule has 1 aromatic heterocycles. The first-order valence-corrected chi connectivity index (χ1v) is 11.4. The van der Waals surface area contributed by atoms with Gasteiger partial charge in [-0.05, 0) is 18.2 Å². The lowest BCUT2D eigenvalue weighted by Gasteiger charge is -2.14. The highest BCUT2D eigenvalue weighted by molar-refractivity contribution is 7.86. The minimum absolute atomic E-state index is 0.0109. The van der Waals surface area contributed by atoms with Crippen molar-refractivity contribution in [3.05, 3.63) is 18.2 Å². The van der Waals surface area contributed by atoms with Crippen LogP contribution < -0.4 is 21.7 Å². The van der Waals surface area contributed by atoms with Gasteiger partial charge in [0.05, 0.1) is 23.3 Å². The molecule has 0 spiro atoms. The molecule has 9 N–H and O–H groups in total. The highest BCUT2D eigenvalue weighted by atomic mass is 32.2. The molecule has 0 saturated heterocycles. The summed E-state index contributed by atoms with van der Waals surface area (Å²) in [5, 5.41) is 26.2. The topological polar surface area (TPSA) is 250 Å². The smallest absolute Gasteiger partial charge is 0.296 e. The largest absolute Gasteiger partial charge is 0.394 e. The molecule has 2 rings (SSSR count). The summed E-state index contributed by atoms with van der Waals surface area (Å²) in [7, 11) is -9.48. The maximum Gasteiger partial charge on any atom is 0.296 e. The van der Waals surface area contributed by atoms with Crippen molar-refractivity contribution in [2.45, 2.75) is 15.9 Å². The van der Waals surface area contributed by atoms with Gasteiger partial charge in [0.15, 0.2) is 0 Å². The summed E-state index contributed by atoms with van der Waals surface area (Å²) in [5.41, 5.74) is 4.97. The number of aromatic nitrogens is 3. The van der Waals surface area contributed by atoms with E-state index in [2.05, 4.69) is 30.9 Å². The Morgan fingerprint density at radius 3 is 2.13 bits per heavy atom. The Hall–Kier alpha value is -2.67. The second-order valence-corrected chi connectivity index (χ2v) is 8.78. The van der Waals surface area contributed by atoms with Crippen molar-refractivity contribution in [3.63, 3.8) is 0 Å². The molecule has 1 atom stereocenters. The van der Waals surface area contributed by atoms with Crippen LogP contribution in [0.5, 0.6) is 0 Å². The predicted octanol–water partition coefficient (Wildman–Crippen LogP) is -1.76. The van der Waals surface area contributed by atoms with E-state index in [1.807, 2.05) is 0 Å². The lowest BCUT2D eigenvalue weighted by molar-refractivity contribution is 0.105. The number of nitrogens with one attached hydrogen (secondary N) is 3. The molecule has 0 fully saturated rings. The highest BCUT2D eigenvalue weighted by Gasteiger charge is 2.21. The van der Waals surface area contributed by atoms with Crippen molar-refractivity contribution in [1.29, 1.82) is 0 Å². The van der Waals surface area contributed by atoms with Gasteiger partial charge in [0.1, 0.15) is 4.90 Å². The maximum atomic E-state index is 11.7. The Kier molecular flexibility index (Phi) is 8.01. The lowest BCUT2D eigenvalue weighted by atomic mass is 10.3. The SMILES string of the molecule is NCCNc1nc(NCC(O)CO)nc(Nc2cc(S(=O)(=O)O)ccc2S(=O)(=O)O)n1. The maximum absolute atomic E-state index is 11.7. The number of benzene rings is 1. The third kappa shape index (κ3) is 7.21. The van der Waals surface area contributed by atoms with E-state index in [4.69, 9.17) is 10.8 Å². The minimum Gasteiger partial charge on any atom is -0.394 e. The van der Waals surface area contributed by atoms with Crippen molar-refractivity contribution in [3.8, 4) is 0 Å². The fourth-order valence-corrected chi connectivity index (χ4v) is 3.29. The standard InChI is InChI=1S/C14H21N7O8S2/c15-3-4-16-12-19-13(17-6-8(23)7-22)21-14(20-12)18-10-5-9(30(24,25)26)1-2-11(10)31(27,28)29/h1-2,5,8,22-23H,3-4,6-7,15H2,(H,24,25,26)(H,27,28,29)(H3,16,17,18,19,20,21). The fraction of sp³-hybridized carbons (Fsp3) is 0.357. The third-order valence-corrected chi connectivity index (χ3v) is 5.30. The van der Waals surface area contributed by atoms with Crippen LogP contribution in [0.2, 0.25) is 0 Å². The molecule has 0 radical (unpaired) electrons. The van der Waals surface area contributed by atoms with Gasteiger partial charge in [-0.2, -0.15) is 31.8 Å². The van der Waals surface area contributed by atoms with E-state index in [0.717, 1.165) is 18.2 Å². The van der Waals surface area contributed by atoms with E-state index in [1.165, 1.54) is 0 Å². The van der Waals surface area contributed by atoms with E-state index in [0.29, 0.717) is 0 Å². The van der Waals surface area contributed by atoms with Crippen molar-refractivity contribution in [2.75, 3.05) is 42.2 Å². The Labute approximate surface area is 177 Å².